The molecule has 6 heteroatoms. The Hall–Kier alpha value is -2.11. The first-order valence-electron chi connectivity index (χ1n) is 14.7. The molecule has 0 radical (unpaired) electrons. The second-order valence-corrected chi connectivity index (χ2v) is 12.0. The highest BCUT2D eigenvalue weighted by Gasteiger charge is 2.45. The molecule has 1 aliphatic rings. The molecule has 0 saturated carbocycles. The largest absolute Gasteiger partial charge is 0.507 e. The number of aliphatic hydroxyl groups excluding tert-OH is 1. The average Bonchev–Trinajstić information content (AvgIpc) is 3.18. The van der Waals surface area contributed by atoms with Crippen LogP contribution < -0.4 is 0 Å². The highest BCUT2D eigenvalue weighted by Crippen LogP contribution is 2.40. The summed E-state index contributed by atoms with van der Waals surface area (Å²) in [5, 5.41) is 11.7. The molecule has 39 heavy (non-hydrogen) atoms. The fraction of sp³-hybridized carbons (Fsp3) is 0.515. The molecule has 1 fully saturated rings. The highest BCUT2D eigenvalue weighted by molar-refractivity contribution is 9.10. The molecule has 4 nitrogen and oxygen atoms in total. The fourth-order valence-electron chi connectivity index (χ4n) is 5.37. The molecular formula is C33H43BrClNO3. The van der Waals surface area contributed by atoms with E-state index in [1.807, 2.05) is 18.2 Å². The van der Waals surface area contributed by atoms with Crippen LogP contribution in [0.1, 0.15) is 114 Å². The molecule has 1 aliphatic heterocycles. The number of rotatable bonds is 17. The van der Waals surface area contributed by atoms with Gasteiger partial charge >= 0.3 is 0 Å². The van der Waals surface area contributed by atoms with Crippen LogP contribution in [0, 0.1) is 0 Å². The number of ketones is 1. The number of Topliss-reactive ketones (excluding diaryl/α,β-unsaturated/α-hetero) is 1. The Morgan fingerprint density at radius 1 is 0.821 bits per heavy atom. The normalized spacial score (nSPS) is 16.8. The molecule has 212 valence electrons. The maximum absolute atomic E-state index is 13.2. The van der Waals surface area contributed by atoms with Gasteiger partial charge in [0.15, 0.2) is 0 Å². The minimum atomic E-state index is -0.641. The van der Waals surface area contributed by atoms with Gasteiger partial charge < -0.3 is 10.0 Å². The van der Waals surface area contributed by atoms with E-state index in [0.29, 0.717) is 17.1 Å². The number of carbonyl (C=O) groups excluding carboxylic acids is 2. The maximum Gasteiger partial charge on any atom is 0.295 e. The van der Waals surface area contributed by atoms with Crippen LogP contribution in [0.2, 0.25) is 5.02 Å². The van der Waals surface area contributed by atoms with Gasteiger partial charge in [-0.05, 0) is 36.2 Å². The standard InChI is InChI=1S/C33H43BrClNO3/c1-2-3-4-5-6-7-8-9-10-11-12-13-14-15-23-36-30(25-19-21-28(35)22-20-25)29(32(38)33(36)39)31(37)26-17-16-18-27(34)24-26/h16-22,24,30,37H,2-15,23H2,1H3/t30-/m1/s1. The lowest BCUT2D eigenvalue weighted by Gasteiger charge is -2.25. The second-order valence-electron chi connectivity index (χ2n) is 10.7. The quantitative estimate of drug-likeness (QED) is 0.0833. The van der Waals surface area contributed by atoms with Crippen molar-refractivity contribution in [3.63, 3.8) is 0 Å². The number of amides is 1. The van der Waals surface area contributed by atoms with Crippen LogP contribution in [0.15, 0.2) is 58.6 Å². The Balaban J connectivity index is 1.53. The Kier molecular flexibility index (Phi) is 13.6. The number of benzene rings is 2. The molecule has 1 heterocycles. The number of hydrogen-bond donors (Lipinski definition) is 1. The number of likely N-dealkylation sites (tertiary alicyclic amines) is 1. The molecule has 0 unspecified atom stereocenters. The topological polar surface area (TPSA) is 57.6 Å². The first-order chi connectivity index (χ1) is 18.9. The Morgan fingerprint density at radius 2 is 1.36 bits per heavy atom. The van der Waals surface area contributed by atoms with Crippen molar-refractivity contribution in [3.05, 3.63) is 74.7 Å². The third-order valence-corrected chi connectivity index (χ3v) is 8.32. The van der Waals surface area contributed by atoms with E-state index in [1.165, 1.54) is 70.6 Å². The lowest BCUT2D eigenvalue weighted by Crippen LogP contribution is -2.30. The van der Waals surface area contributed by atoms with Crippen LogP contribution in [-0.2, 0) is 9.59 Å². The molecule has 0 aromatic heterocycles. The molecule has 1 N–H and O–H groups in total. The molecule has 1 atom stereocenters. The van der Waals surface area contributed by atoms with Gasteiger partial charge in [-0.1, -0.05) is 142 Å². The van der Waals surface area contributed by atoms with Gasteiger partial charge in [0.2, 0.25) is 0 Å². The minimum Gasteiger partial charge on any atom is -0.507 e. The number of unbranched alkanes of at least 4 members (excludes halogenated alkanes) is 13. The maximum atomic E-state index is 13.2. The summed E-state index contributed by atoms with van der Waals surface area (Å²) in [5.74, 6) is -1.35. The first kappa shape index (κ1) is 31.4. The molecule has 1 amide bonds. The molecular weight excluding hydrogens is 574 g/mol. The highest BCUT2D eigenvalue weighted by atomic mass is 79.9. The minimum absolute atomic E-state index is 0.130. The summed E-state index contributed by atoms with van der Waals surface area (Å²) in [4.78, 5) is 27.9. The van der Waals surface area contributed by atoms with Gasteiger partial charge in [0.05, 0.1) is 11.6 Å². The summed E-state index contributed by atoms with van der Waals surface area (Å²) >= 11 is 9.53. The van der Waals surface area contributed by atoms with E-state index in [2.05, 4.69) is 22.9 Å². The van der Waals surface area contributed by atoms with Crippen molar-refractivity contribution in [1.82, 2.24) is 4.90 Å². The Bertz CT molecular complexity index is 1100. The van der Waals surface area contributed by atoms with Gasteiger partial charge in [0, 0.05) is 21.6 Å². The molecule has 2 aromatic carbocycles. The number of aliphatic hydroxyl groups is 1. The van der Waals surface area contributed by atoms with E-state index in [4.69, 9.17) is 11.6 Å². The number of halogens is 2. The van der Waals surface area contributed by atoms with E-state index in [-0.39, 0.29) is 11.3 Å². The number of nitrogens with zero attached hydrogens (tertiary/aromatic N) is 1. The third-order valence-electron chi connectivity index (χ3n) is 7.58. The summed E-state index contributed by atoms with van der Waals surface area (Å²) in [7, 11) is 0. The van der Waals surface area contributed by atoms with Crippen molar-refractivity contribution in [2.45, 2.75) is 103 Å². The molecule has 0 bridgehead atoms. The van der Waals surface area contributed by atoms with E-state index in [0.717, 1.165) is 29.3 Å². The fourth-order valence-corrected chi connectivity index (χ4v) is 5.90. The van der Waals surface area contributed by atoms with E-state index in [9.17, 15) is 14.7 Å². The van der Waals surface area contributed by atoms with Crippen molar-refractivity contribution in [2.75, 3.05) is 6.54 Å². The van der Waals surface area contributed by atoms with Crippen LogP contribution in [0.5, 0.6) is 0 Å². The van der Waals surface area contributed by atoms with Crippen molar-refractivity contribution in [2.24, 2.45) is 0 Å². The van der Waals surface area contributed by atoms with Gasteiger partial charge in [0.25, 0.3) is 11.7 Å². The van der Waals surface area contributed by atoms with Gasteiger partial charge in [-0.2, -0.15) is 0 Å². The zero-order valence-corrected chi connectivity index (χ0v) is 25.6. The van der Waals surface area contributed by atoms with E-state index < -0.39 is 17.7 Å². The lowest BCUT2D eigenvalue weighted by molar-refractivity contribution is -0.139. The zero-order valence-electron chi connectivity index (χ0n) is 23.3. The van der Waals surface area contributed by atoms with Crippen LogP contribution in [0.4, 0.5) is 0 Å². The molecule has 2 aromatic rings. The van der Waals surface area contributed by atoms with Crippen molar-refractivity contribution in [1.29, 1.82) is 0 Å². The molecule has 3 rings (SSSR count). The van der Waals surface area contributed by atoms with Crippen LogP contribution in [-0.4, -0.2) is 28.2 Å². The predicted molar refractivity (Wildman–Crippen MR) is 165 cm³/mol. The summed E-state index contributed by atoms with van der Waals surface area (Å²) < 4.78 is 0.784. The van der Waals surface area contributed by atoms with Crippen LogP contribution in [0.25, 0.3) is 5.76 Å². The predicted octanol–water partition coefficient (Wildman–Crippen LogP) is 10.0. The SMILES string of the molecule is CCCCCCCCCCCCCCCCN1C(=O)C(=O)C(=C(O)c2cccc(Br)c2)[C@H]1c1ccc(Cl)cc1. The van der Waals surface area contributed by atoms with Gasteiger partial charge in [0.1, 0.15) is 5.76 Å². The average molecular weight is 617 g/mol. The monoisotopic (exact) mass is 615 g/mol. The van der Waals surface area contributed by atoms with E-state index in [1.54, 1.807) is 35.2 Å². The zero-order chi connectivity index (χ0) is 28.0. The third kappa shape index (κ3) is 9.49. The van der Waals surface area contributed by atoms with Gasteiger partial charge in [-0.15, -0.1) is 0 Å². The Morgan fingerprint density at radius 3 is 1.90 bits per heavy atom. The lowest BCUT2D eigenvalue weighted by atomic mass is 9.95. The van der Waals surface area contributed by atoms with Crippen molar-refractivity contribution < 1.29 is 14.7 Å². The molecule has 0 aliphatic carbocycles. The van der Waals surface area contributed by atoms with Crippen LogP contribution in [0.3, 0.4) is 0 Å². The summed E-state index contributed by atoms with van der Waals surface area (Å²) in [6.45, 7) is 2.74. The second kappa shape index (κ2) is 16.9. The van der Waals surface area contributed by atoms with Crippen molar-refractivity contribution >= 4 is 45.0 Å². The molecule has 1 saturated heterocycles. The summed E-state index contributed by atoms with van der Waals surface area (Å²) in [5.41, 5.74) is 1.39. The first-order valence-corrected chi connectivity index (χ1v) is 15.9. The van der Waals surface area contributed by atoms with Gasteiger partial charge in [-0.25, -0.2) is 0 Å². The van der Waals surface area contributed by atoms with E-state index >= 15 is 0 Å². The number of hydrogen-bond acceptors (Lipinski definition) is 3. The van der Waals surface area contributed by atoms with Crippen molar-refractivity contribution in [3.8, 4) is 0 Å². The summed E-state index contributed by atoms with van der Waals surface area (Å²) in [6.07, 6.45) is 17.6. The van der Waals surface area contributed by atoms with Crippen LogP contribution >= 0.6 is 27.5 Å². The molecule has 0 spiro atoms. The smallest absolute Gasteiger partial charge is 0.295 e. The number of carbonyl (C=O) groups is 2. The van der Waals surface area contributed by atoms with Gasteiger partial charge in [-0.3, -0.25) is 9.59 Å². The Labute approximate surface area is 248 Å². The summed E-state index contributed by atoms with van der Waals surface area (Å²) in [6, 6.07) is 13.6.